The van der Waals surface area contributed by atoms with E-state index in [-0.39, 0.29) is 18.3 Å². The molecule has 7 heteroatoms. The van der Waals surface area contributed by atoms with Gasteiger partial charge in [-0.3, -0.25) is 4.79 Å². The van der Waals surface area contributed by atoms with Gasteiger partial charge in [0.25, 0.3) is 5.91 Å². The molecule has 2 N–H and O–H groups in total. The molecule has 0 saturated heterocycles. The van der Waals surface area contributed by atoms with Crippen LogP contribution < -0.4 is 10.7 Å². The van der Waals surface area contributed by atoms with Crippen molar-refractivity contribution in [3.63, 3.8) is 0 Å². The second-order valence-corrected chi connectivity index (χ2v) is 5.72. The fourth-order valence-electron chi connectivity index (χ4n) is 1.87. The maximum Gasteiger partial charge on any atom is 0.259 e. The zero-order valence-corrected chi connectivity index (χ0v) is 12.8. The van der Waals surface area contributed by atoms with Gasteiger partial charge >= 0.3 is 0 Å². The molecule has 5 nitrogen and oxygen atoms in total. The summed E-state index contributed by atoms with van der Waals surface area (Å²) in [4.78, 5) is 16.1. The van der Waals surface area contributed by atoms with E-state index in [1.165, 1.54) is 29.7 Å². The molecule has 1 heterocycles. The van der Waals surface area contributed by atoms with Crippen LogP contribution in [0.4, 0.5) is 9.52 Å². The third-order valence-corrected chi connectivity index (χ3v) is 3.96. The third-order valence-electron chi connectivity index (χ3n) is 2.97. The van der Waals surface area contributed by atoms with Gasteiger partial charge in [0.05, 0.1) is 23.0 Å². The molecule has 0 spiro atoms. The zero-order chi connectivity index (χ0) is 16.1. The topological polar surface area (TPSA) is 66.4 Å². The third kappa shape index (κ3) is 4.10. The van der Waals surface area contributed by atoms with E-state index in [9.17, 15) is 9.18 Å². The lowest BCUT2D eigenvalue weighted by Crippen LogP contribution is -2.25. The number of fused-ring (bicyclic) bond motifs is 1. The summed E-state index contributed by atoms with van der Waals surface area (Å²) in [5.74, 6) is -0.603. The minimum atomic E-state index is -0.314. The lowest BCUT2D eigenvalue weighted by atomic mass is 10.2. The van der Waals surface area contributed by atoms with Crippen LogP contribution in [0.25, 0.3) is 10.2 Å². The minimum absolute atomic E-state index is 0.0700. The number of hydrazone groups is 1. The molecule has 0 saturated carbocycles. The molecule has 23 heavy (non-hydrogen) atoms. The second kappa shape index (κ2) is 6.97. The molecule has 1 aromatic heterocycles. The Bertz CT molecular complexity index is 812. The lowest BCUT2D eigenvalue weighted by Gasteiger charge is -2.00. The highest BCUT2D eigenvalue weighted by atomic mass is 32.1. The first-order chi connectivity index (χ1) is 11.2. The minimum Gasteiger partial charge on any atom is -0.352 e. The van der Waals surface area contributed by atoms with Gasteiger partial charge in [-0.25, -0.2) is 14.8 Å². The first kappa shape index (κ1) is 15.1. The summed E-state index contributed by atoms with van der Waals surface area (Å²) >= 11 is 1.49. The van der Waals surface area contributed by atoms with Crippen LogP contribution in [0.1, 0.15) is 5.56 Å². The monoisotopic (exact) mass is 328 g/mol. The number of hydrogen-bond donors (Lipinski definition) is 2. The average Bonchev–Trinajstić information content (AvgIpc) is 2.98. The molecule has 0 bridgehead atoms. The Morgan fingerprint density at radius 3 is 2.78 bits per heavy atom. The maximum atomic E-state index is 12.7. The molecule has 0 aliphatic rings. The summed E-state index contributed by atoms with van der Waals surface area (Å²) in [6, 6.07) is 13.6. The van der Waals surface area contributed by atoms with E-state index in [1.54, 1.807) is 12.1 Å². The van der Waals surface area contributed by atoms with Crippen LogP contribution in [0.2, 0.25) is 0 Å². The van der Waals surface area contributed by atoms with E-state index in [0.29, 0.717) is 10.7 Å². The van der Waals surface area contributed by atoms with Gasteiger partial charge in [0, 0.05) is 0 Å². The molecule has 116 valence electrons. The van der Waals surface area contributed by atoms with Crippen LogP contribution >= 0.6 is 11.3 Å². The fourth-order valence-corrected chi connectivity index (χ4v) is 2.73. The van der Waals surface area contributed by atoms with Gasteiger partial charge in [-0.05, 0) is 29.8 Å². The molecular weight excluding hydrogens is 315 g/mol. The smallest absolute Gasteiger partial charge is 0.259 e. The Kier molecular flexibility index (Phi) is 4.58. The van der Waals surface area contributed by atoms with Crippen molar-refractivity contribution in [1.82, 2.24) is 10.4 Å². The molecule has 3 aromatic rings. The summed E-state index contributed by atoms with van der Waals surface area (Å²) in [6.07, 6.45) is 1.45. The number of nitrogens with one attached hydrogen (secondary N) is 2. The lowest BCUT2D eigenvalue weighted by molar-refractivity contribution is -0.119. The number of benzene rings is 2. The Hall–Kier alpha value is -2.80. The molecule has 0 unspecified atom stereocenters. The van der Waals surface area contributed by atoms with Crippen LogP contribution in [0.5, 0.6) is 0 Å². The van der Waals surface area contributed by atoms with Crippen LogP contribution in [0.3, 0.4) is 0 Å². The summed E-state index contributed by atoms with van der Waals surface area (Å²) in [6.45, 7) is 0.0700. The van der Waals surface area contributed by atoms with Crippen molar-refractivity contribution in [2.45, 2.75) is 0 Å². The first-order valence-electron chi connectivity index (χ1n) is 6.87. The number of anilines is 1. The molecule has 3 rings (SSSR count). The molecule has 0 aliphatic heterocycles. The van der Waals surface area contributed by atoms with Crippen molar-refractivity contribution in [3.05, 3.63) is 59.9 Å². The number of hydrogen-bond acceptors (Lipinski definition) is 5. The van der Waals surface area contributed by atoms with Gasteiger partial charge in [-0.1, -0.05) is 35.6 Å². The summed E-state index contributed by atoms with van der Waals surface area (Å²) in [5.41, 5.74) is 4.00. The molecule has 0 fully saturated rings. The van der Waals surface area contributed by atoms with E-state index >= 15 is 0 Å². The van der Waals surface area contributed by atoms with Crippen molar-refractivity contribution >= 4 is 38.8 Å². The standard InChI is InChI=1S/C16H13FN4OS/c17-12-7-5-11(6-8-12)9-19-21-15(22)10-18-16-20-13-3-1-2-4-14(13)23-16/h1-9H,10H2,(H,18,20)(H,21,22)/b19-9-. The van der Waals surface area contributed by atoms with E-state index < -0.39 is 0 Å². The van der Waals surface area contributed by atoms with Crippen molar-refractivity contribution in [1.29, 1.82) is 0 Å². The zero-order valence-electron chi connectivity index (χ0n) is 12.0. The number of rotatable bonds is 5. The van der Waals surface area contributed by atoms with Gasteiger partial charge in [0.1, 0.15) is 5.82 Å². The summed E-state index contributed by atoms with van der Waals surface area (Å²) in [7, 11) is 0. The van der Waals surface area contributed by atoms with Crippen molar-refractivity contribution in [2.24, 2.45) is 5.10 Å². The summed E-state index contributed by atoms with van der Waals surface area (Å²) in [5, 5.41) is 7.47. The quantitative estimate of drug-likeness (QED) is 0.559. The van der Waals surface area contributed by atoms with E-state index in [1.807, 2.05) is 24.3 Å². The Morgan fingerprint density at radius 2 is 2.00 bits per heavy atom. The van der Waals surface area contributed by atoms with Gasteiger partial charge < -0.3 is 5.32 Å². The van der Waals surface area contributed by atoms with Crippen LogP contribution in [0.15, 0.2) is 53.6 Å². The average molecular weight is 328 g/mol. The van der Waals surface area contributed by atoms with E-state index in [4.69, 9.17) is 0 Å². The van der Waals surface area contributed by atoms with Crippen LogP contribution in [-0.4, -0.2) is 23.7 Å². The van der Waals surface area contributed by atoms with Gasteiger partial charge in [-0.15, -0.1) is 0 Å². The number of amides is 1. The highest BCUT2D eigenvalue weighted by Gasteiger charge is 2.04. The fraction of sp³-hybridized carbons (Fsp3) is 0.0625. The highest BCUT2D eigenvalue weighted by Crippen LogP contribution is 2.24. The predicted octanol–water partition coefficient (Wildman–Crippen LogP) is 3.00. The molecule has 1 amide bonds. The number of nitrogens with zero attached hydrogens (tertiary/aromatic N) is 2. The van der Waals surface area contributed by atoms with Crippen LogP contribution in [0, 0.1) is 5.82 Å². The number of para-hydroxylation sites is 1. The molecule has 0 radical (unpaired) electrons. The first-order valence-corrected chi connectivity index (χ1v) is 7.69. The van der Waals surface area contributed by atoms with Crippen molar-refractivity contribution in [2.75, 3.05) is 11.9 Å². The Balaban J connectivity index is 1.50. The number of aromatic nitrogens is 1. The Morgan fingerprint density at radius 1 is 1.22 bits per heavy atom. The largest absolute Gasteiger partial charge is 0.352 e. The molecule has 2 aromatic carbocycles. The van der Waals surface area contributed by atoms with Crippen molar-refractivity contribution in [3.8, 4) is 0 Å². The second-order valence-electron chi connectivity index (χ2n) is 4.69. The maximum absolute atomic E-state index is 12.7. The van der Waals surface area contributed by atoms with E-state index in [2.05, 4.69) is 20.8 Å². The summed E-state index contributed by atoms with van der Waals surface area (Å²) < 4.78 is 13.8. The van der Waals surface area contributed by atoms with Crippen molar-refractivity contribution < 1.29 is 9.18 Å². The normalized spacial score (nSPS) is 11.0. The number of carbonyl (C=O) groups is 1. The molecule has 0 aliphatic carbocycles. The Labute approximate surface area is 135 Å². The molecular formula is C16H13FN4OS. The highest BCUT2D eigenvalue weighted by molar-refractivity contribution is 7.22. The van der Waals surface area contributed by atoms with Gasteiger partial charge in [0.2, 0.25) is 0 Å². The molecule has 0 atom stereocenters. The number of halogens is 1. The predicted molar refractivity (Wildman–Crippen MR) is 90.2 cm³/mol. The SMILES string of the molecule is O=C(CNc1nc2ccccc2s1)N/N=C\c1ccc(F)cc1. The van der Waals surface area contributed by atoms with E-state index in [0.717, 1.165) is 10.2 Å². The van der Waals surface area contributed by atoms with Gasteiger partial charge in [-0.2, -0.15) is 5.10 Å². The van der Waals surface area contributed by atoms with Crippen LogP contribution in [-0.2, 0) is 4.79 Å². The number of thiazole rings is 1. The number of carbonyl (C=O) groups excluding carboxylic acids is 1. The van der Waals surface area contributed by atoms with Gasteiger partial charge in [0.15, 0.2) is 5.13 Å².